The Kier molecular flexibility index (Phi) is 4.30. The number of hydrogen-bond donors (Lipinski definition) is 1. The van der Waals surface area contributed by atoms with Gasteiger partial charge >= 0.3 is 0 Å². The zero-order valence-electron chi connectivity index (χ0n) is 10.2. The standard InChI is InChI=1S/C13H18ClNO2S/c14-11-6-2-4-8-13(11)18(16,17)12-7-3-1-5-10(12)9-15/h2,4,6,8,10,12H,1,3,5,7,9,15H2. The maximum atomic E-state index is 12.6. The largest absolute Gasteiger partial charge is 0.330 e. The lowest BCUT2D eigenvalue weighted by Crippen LogP contribution is -2.37. The fourth-order valence-corrected chi connectivity index (χ4v) is 5.31. The van der Waals surface area contributed by atoms with Gasteiger partial charge in [0.2, 0.25) is 0 Å². The van der Waals surface area contributed by atoms with Crippen molar-refractivity contribution in [3.05, 3.63) is 29.3 Å². The molecule has 2 N–H and O–H groups in total. The molecule has 1 saturated carbocycles. The second kappa shape index (κ2) is 5.59. The lowest BCUT2D eigenvalue weighted by Gasteiger charge is -2.30. The molecule has 1 aliphatic rings. The van der Waals surface area contributed by atoms with Gasteiger partial charge in [0.25, 0.3) is 0 Å². The van der Waals surface area contributed by atoms with Crippen molar-refractivity contribution >= 4 is 21.4 Å². The lowest BCUT2D eigenvalue weighted by molar-refractivity contribution is 0.363. The van der Waals surface area contributed by atoms with Crippen molar-refractivity contribution in [3.8, 4) is 0 Å². The quantitative estimate of drug-likeness (QED) is 0.930. The minimum absolute atomic E-state index is 0.0556. The van der Waals surface area contributed by atoms with Crippen LogP contribution in [0.2, 0.25) is 5.02 Å². The van der Waals surface area contributed by atoms with Crippen LogP contribution in [-0.4, -0.2) is 20.2 Å². The first kappa shape index (κ1) is 13.8. The van der Waals surface area contributed by atoms with Gasteiger partial charge in [-0.1, -0.05) is 36.6 Å². The summed E-state index contributed by atoms with van der Waals surface area (Å²) in [6.45, 7) is 0.425. The fraction of sp³-hybridized carbons (Fsp3) is 0.538. The second-order valence-corrected chi connectivity index (χ2v) is 7.34. The lowest BCUT2D eigenvalue weighted by atomic mass is 9.89. The first-order valence-electron chi connectivity index (χ1n) is 6.26. The van der Waals surface area contributed by atoms with Crippen LogP contribution < -0.4 is 5.73 Å². The molecule has 100 valence electrons. The summed E-state index contributed by atoms with van der Waals surface area (Å²) in [7, 11) is -3.37. The highest BCUT2D eigenvalue weighted by atomic mass is 35.5. The minimum atomic E-state index is -3.37. The van der Waals surface area contributed by atoms with Gasteiger partial charge in [-0.3, -0.25) is 0 Å². The first-order chi connectivity index (χ1) is 8.57. The molecule has 3 nitrogen and oxygen atoms in total. The van der Waals surface area contributed by atoms with E-state index in [0.717, 1.165) is 19.3 Å². The molecule has 0 aliphatic heterocycles. The summed E-state index contributed by atoms with van der Waals surface area (Å²) >= 11 is 6.01. The van der Waals surface area contributed by atoms with Crippen molar-refractivity contribution in [2.24, 2.45) is 11.7 Å². The third-order valence-electron chi connectivity index (χ3n) is 3.68. The average Bonchev–Trinajstić information content (AvgIpc) is 2.39. The zero-order valence-corrected chi connectivity index (χ0v) is 11.8. The summed E-state index contributed by atoms with van der Waals surface area (Å²) in [5, 5.41) is -0.0741. The first-order valence-corrected chi connectivity index (χ1v) is 8.18. The molecule has 1 aliphatic carbocycles. The molecule has 0 saturated heterocycles. The zero-order chi connectivity index (χ0) is 13.2. The van der Waals surface area contributed by atoms with Gasteiger partial charge in [-0.05, 0) is 37.4 Å². The number of nitrogens with two attached hydrogens (primary N) is 1. The molecule has 1 aromatic carbocycles. The van der Waals surface area contributed by atoms with Crippen LogP contribution in [0.25, 0.3) is 0 Å². The fourth-order valence-electron chi connectivity index (χ4n) is 2.69. The van der Waals surface area contributed by atoms with E-state index in [1.807, 2.05) is 0 Å². The van der Waals surface area contributed by atoms with Crippen LogP contribution in [0.3, 0.4) is 0 Å². The molecule has 0 amide bonds. The van der Waals surface area contributed by atoms with E-state index in [1.165, 1.54) is 0 Å². The van der Waals surface area contributed by atoms with E-state index in [0.29, 0.717) is 18.0 Å². The molecule has 5 heteroatoms. The summed E-state index contributed by atoms with van der Waals surface area (Å²) < 4.78 is 25.3. The van der Waals surface area contributed by atoms with Crippen molar-refractivity contribution in [2.45, 2.75) is 35.8 Å². The van der Waals surface area contributed by atoms with Crippen LogP contribution in [-0.2, 0) is 9.84 Å². The molecule has 2 unspecified atom stereocenters. The van der Waals surface area contributed by atoms with Crippen molar-refractivity contribution in [2.75, 3.05) is 6.54 Å². The highest BCUT2D eigenvalue weighted by molar-refractivity contribution is 7.92. The Hall–Kier alpha value is -0.580. The highest BCUT2D eigenvalue weighted by Gasteiger charge is 2.36. The van der Waals surface area contributed by atoms with E-state index >= 15 is 0 Å². The number of sulfone groups is 1. The van der Waals surface area contributed by atoms with Gasteiger partial charge in [0, 0.05) is 0 Å². The van der Waals surface area contributed by atoms with Gasteiger partial charge in [-0.25, -0.2) is 8.42 Å². The van der Waals surface area contributed by atoms with Gasteiger partial charge in [0.1, 0.15) is 0 Å². The van der Waals surface area contributed by atoms with Crippen LogP contribution in [0.1, 0.15) is 25.7 Å². The summed E-state index contributed by atoms with van der Waals surface area (Å²) in [6, 6.07) is 6.65. The van der Waals surface area contributed by atoms with Crippen LogP contribution in [0.15, 0.2) is 29.2 Å². The van der Waals surface area contributed by atoms with Crippen LogP contribution >= 0.6 is 11.6 Å². The van der Waals surface area contributed by atoms with E-state index in [1.54, 1.807) is 24.3 Å². The number of benzene rings is 1. The van der Waals surface area contributed by atoms with Gasteiger partial charge in [-0.2, -0.15) is 0 Å². The molecular weight excluding hydrogens is 270 g/mol. The SMILES string of the molecule is NCC1CCCCC1S(=O)(=O)c1ccccc1Cl. The molecule has 0 bridgehead atoms. The van der Waals surface area contributed by atoms with Gasteiger partial charge in [0.05, 0.1) is 15.2 Å². The molecule has 0 spiro atoms. The second-order valence-electron chi connectivity index (χ2n) is 4.79. The number of rotatable bonds is 3. The topological polar surface area (TPSA) is 60.2 Å². The maximum Gasteiger partial charge on any atom is 0.183 e. The maximum absolute atomic E-state index is 12.6. The Bertz CT molecular complexity index is 515. The molecule has 18 heavy (non-hydrogen) atoms. The molecule has 1 fully saturated rings. The third-order valence-corrected chi connectivity index (χ3v) is 6.51. The Morgan fingerprint density at radius 3 is 2.56 bits per heavy atom. The smallest absolute Gasteiger partial charge is 0.183 e. The van der Waals surface area contributed by atoms with E-state index in [4.69, 9.17) is 17.3 Å². The van der Waals surface area contributed by atoms with Crippen LogP contribution in [0.4, 0.5) is 0 Å². The Balaban J connectivity index is 2.39. The van der Waals surface area contributed by atoms with Crippen LogP contribution in [0.5, 0.6) is 0 Å². The van der Waals surface area contributed by atoms with E-state index in [2.05, 4.69) is 0 Å². The average molecular weight is 288 g/mol. The molecule has 0 radical (unpaired) electrons. The molecule has 2 rings (SSSR count). The Morgan fingerprint density at radius 2 is 1.89 bits per heavy atom. The van der Waals surface area contributed by atoms with Gasteiger partial charge in [0.15, 0.2) is 9.84 Å². The minimum Gasteiger partial charge on any atom is -0.330 e. The molecule has 2 atom stereocenters. The third kappa shape index (κ3) is 2.56. The predicted molar refractivity (Wildman–Crippen MR) is 73.4 cm³/mol. The summed E-state index contributed by atoms with van der Waals surface area (Å²) in [5.41, 5.74) is 5.71. The highest BCUT2D eigenvalue weighted by Crippen LogP contribution is 2.34. The predicted octanol–water partition coefficient (Wildman–Crippen LogP) is 2.63. The van der Waals surface area contributed by atoms with Crippen molar-refractivity contribution in [1.82, 2.24) is 0 Å². The molecular formula is C13H18ClNO2S. The van der Waals surface area contributed by atoms with Gasteiger partial charge < -0.3 is 5.73 Å². The van der Waals surface area contributed by atoms with E-state index < -0.39 is 9.84 Å². The van der Waals surface area contributed by atoms with E-state index in [-0.39, 0.29) is 16.1 Å². The van der Waals surface area contributed by atoms with E-state index in [9.17, 15) is 8.42 Å². The summed E-state index contributed by atoms with van der Waals surface area (Å²) in [5.74, 6) is 0.0556. The summed E-state index contributed by atoms with van der Waals surface area (Å²) in [4.78, 5) is 0.247. The molecule has 0 heterocycles. The van der Waals surface area contributed by atoms with Crippen molar-refractivity contribution in [3.63, 3.8) is 0 Å². The van der Waals surface area contributed by atoms with Gasteiger partial charge in [-0.15, -0.1) is 0 Å². The monoisotopic (exact) mass is 287 g/mol. The Labute approximate surface area is 113 Å². The summed E-state index contributed by atoms with van der Waals surface area (Å²) in [6.07, 6.45) is 3.60. The van der Waals surface area contributed by atoms with Crippen molar-refractivity contribution < 1.29 is 8.42 Å². The molecule has 0 aromatic heterocycles. The van der Waals surface area contributed by atoms with Crippen molar-refractivity contribution in [1.29, 1.82) is 0 Å². The number of hydrogen-bond acceptors (Lipinski definition) is 3. The molecule has 1 aromatic rings. The number of halogens is 1. The Morgan fingerprint density at radius 1 is 1.22 bits per heavy atom. The normalized spacial score (nSPS) is 25.0. The van der Waals surface area contributed by atoms with Crippen LogP contribution in [0, 0.1) is 5.92 Å².